The molecular weight excluding hydrogens is 452 g/mol. The van der Waals surface area contributed by atoms with Gasteiger partial charge in [-0.2, -0.15) is 4.31 Å². The smallest absolute Gasteiger partial charge is 0.246 e. The molecule has 1 N–H and O–H groups in total. The minimum Gasteiger partial charge on any atom is -0.495 e. The molecule has 1 aliphatic rings. The molecule has 1 amide bonds. The van der Waals surface area contributed by atoms with Crippen molar-refractivity contribution >= 4 is 32.7 Å². The summed E-state index contributed by atoms with van der Waals surface area (Å²) in [6, 6.07) is 12.5. The van der Waals surface area contributed by atoms with Crippen LogP contribution in [0.3, 0.4) is 0 Å². The number of fused-ring (bicyclic) bond motifs is 1. The lowest BCUT2D eigenvalue weighted by molar-refractivity contribution is -0.116. The van der Waals surface area contributed by atoms with Crippen LogP contribution in [0.15, 0.2) is 47.4 Å². The van der Waals surface area contributed by atoms with E-state index in [0.29, 0.717) is 18.8 Å². The number of ether oxygens (including phenoxy) is 1. The summed E-state index contributed by atoms with van der Waals surface area (Å²) >= 11 is 0. The first-order valence-electron chi connectivity index (χ1n) is 11.9. The van der Waals surface area contributed by atoms with Crippen LogP contribution in [0.25, 0.3) is 11.0 Å². The van der Waals surface area contributed by atoms with Gasteiger partial charge in [-0.3, -0.25) is 4.79 Å². The molecule has 0 saturated carbocycles. The van der Waals surface area contributed by atoms with Gasteiger partial charge in [0.1, 0.15) is 23.0 Å². The van der Waals surface area contributed by atoms with Crippen molar-refractivity contribution in [2.75, 3.05) is 25.5 Å². The molecule has 0 aliphatic carbocycles. The maximum absolute atomic E-state index is 13.3. The van der Waals surface area contributed by atoms with Crippen LogP contribution >= 0.6 is 0 Å². The standard InChI is InChI=1S/C25H32N4O4S/c1-3-4-12-24-27-20-10-6-7-11-21(20)29(24)18-25(30)26-19-13-14-22(33-2)23(17-19)34(31,32)28-15-8-5-9-16-28/h6-7,10-11,13-14,17H,3-5,8-9,12,15-16,18H2,1-2H3,(H,26,30). The predicted octanol–water partition coefficient (Wildman–Crippen LogP) is 4.20. The zero-order chi connectivity index (χ0) is 24.1. The summed E-state index contributed by atoms with van der Waals surface area (Å²) in [5.74, 6) is 0.903. The summed E-state index contributed by atoms with van der Waals surface area (Å²) in [4.78, 5) is 17.8. The molecule has 9 heteroatoms. The zero-order valence-electron chi connectivity index (χ0n) is 19.8. The molecular formula is C25H32N4O4S. The number of nitrogens with one attached hydrogen (secondary N) is 1. The molecule has 2 aromatic carbocycles. The third kappa shape index (κ3) is 5.10. The van der Waals surface area contributed by atoms with Gasteiger partial charge in [0.05, 0.1) is 18.1 Å². The van der Waals surface area contributed by atoms with Crippen molar-refractivity contribution in [3.8, 4) is 5.75 Å². The molecule has 0 atom stereocenters. The number of imidazole rings is 1. The second-order valence-electron chi connectivity index (χ2n) is 8.59. The maximum atomic E-state index is 13.3. The van der Waals surface area contributed by atoms with E-state index in [9.17, 15) is 13.2 Å². The number of aromatic nitrogens is 2. The molecule has 34 heavy (non-hydrogen) atoms. The molecule has 182 valence electrons. The summed E-state index contributed by atoms with van der Waals surface area (Å²) < 4.78 is 35.3. The average Bonchev–Trinajstić information content (AvgIpc) is 3.20. The number of amides is 1. The van der Waals surface area contributed by atoms with Gasteiger partial charge in [0.2, 0.25) is 15.9 Å². The van der Waals surface area contributed by atoms with E-state index < -0.39 is 10.0 Å². The van der Waals surface area contributed by atoms with Gasteiger partial charge < -0.3 is 14.6 Å². The number of nitrogens with zero attached hydrogens (tertiary/aromatic N) is 3. The summed E-state index contributed by atoms with van der Waals surface area (Å²) in [7, 11) is -2.27. The molecule has 8 nitrogen and oxygen atoms in total. The van der Waals surface area contributed by atoms with E-state index in [2.05, 4.69) is 12.2 Å². The van der Waals surface area contributed by atoms with E-state index in [1.54, 1.807) is 12.1 Å². The number of rotatable bonds is 9. The number of sulfonamides is 1. The highest BCUT2D eigenvalue weighted by Gasteiger charge is 2.29. The largest absolute Gasteiger partial charge is 0.495 e. The Labute approximate surface area is 201 Å². The fraction of sp³-hybridized carbons (Fsp3) is 0.440. The van der Waals surface area contributed by atoms with Crippen LogP contribution in [0, 0.1) is 0 Å². The second kappa shape index (κ2) is 10.6. The van der Waals surface area contributed by atoms with Crippen molar-refractivity contribution in [2.45, 2.75) is 56.9 Å². The van der Waals surface area contributed by atoms with Crippen LogP contribution in [0.1, 0.15) is 44.9 Å². The predicted molar refractivity (Wildman–Crippen MR) is 133 cm³/mol. The Morgan fingerprint density at radius 3 is 2.62 bits per heavy atom. The minimum atomic E-state index is -3.72. The monoisotopic (exact) mass is 484 g/mol. The molecule has 3 aromatic rings. The fourth-order valence-corrected chi connectivity index (χ4v) is 6.07. The van der Waals surface area contributed by atoms with Gasteiger partial charge in [0.25, 0.3) is 0 Å². The molecule has 2 heterocycles. The Morgan fingerprint density at radius 2 is 1.88 bits per heavy atom. The van der Waals surface area contributed by atoms with Crippen LogP contribution in [0.2, 0.25) is 0 Å². The van der Waals surface area contributed by atoms with Crippen LogP contribution in [-0.4, -0.2) is 48.4 Å². The maximum Gasteiger partial charge on any atom is 0.246 e. The van der Waals surface area contributed by atoms with Gasteiger partial charge in [0.15, 0.2) is 0 Å². The van der Waals surface area contributed by atoms with E-state index in [4.69, 9.17) is 9.72 Å². The Hall–Kier alpha value is -2.91. The summed E-state index contributed by atoms with van der Waals surface area (Å²) in [6.45, 7) is 3.21. The second-order valence-corrected chi connectivity index (χ2v) is 10.5. The lowest BCUT2D eigenvalue weighted by Crippen LogP contribution is -2.35. The highest BCUT2D eigenvalue weighted by atomic mass is 32.2. The molecule has 1 aliphatic heterocycles. The van der Waals surface area contributed by atoms with Crippen LogP contribution in [-0.2, 0) is 27.8 Å². The number of benzene rings is 2. The van der Waals surface area contributed by atoms with Gasteiger partial charge in [-0.25, -0.2) is 13.4 Å². The zero-order valence-corrected chi connectivity index (χ0v) is 20.6. The minimum absolute atomic E-state index is 0.0754. The van der Waals surface area contributed by atoms with Gasteiger partial charge in [-0.1, -0.05) is 31.9 Å². The Bertz CT molecular complexity index is 1260. The van der Waals surface area contributed by atoms with E-state index in [1.165, 1.54) is 17.5 Å². The molecule has 1 fully saturated rings. The third-order valence-electron chi connectivity index (χ3n) is 6.17. The lowest BCUT2D eigenvalue weighted by Gasteiger charge is -2.26. The van der Waals surface area contributed by atoms with Gasteiger partial charge >= 0.3 is 0 Å². The number of carbonyl (C=O) groups excluding carboxylic acids is 1. The normalized spacial score (nSPS) is 14.9. The SMILES string of the molecule is CCCCc1nc2ccccc2n1CC(=O)Nc1ccc(OC)c(S(=O)(=O)N2CCCCC2)c1. The summed E-state index contributed by atoms with van der Waals surface area (Å²) in [6.07, 6.45) is 5.53. The van der Waals surface area contributed by atoms with E-state index in [0.717, 1.165) is 55.4 Å². The number of carbonyl (C=O) groups is 1. The molecule has 0 radical (unpaired) electrons. The van der Waals surface area contributed by atoms with Gasteiger partial charge in [0, 0.05) is 25.2 Å². The number of hydrogen-bond donors (Lipinski definition) is 1. The van der Waals surface area contributed by atoms with Crippen molar-refractivity contribution in [2.24, 2.45) is 0 Å². The van der Waals surface area contributed by atoms with Crippen molar-refractivity contribution < 1.29 is 17.9 Å². The lowest BCUT2D eigenvalue weighted by atomic mass is 10.2. The van der Waals surface area contributed by atoms with Crippen LogP contribution in [0.5, 0.6) is 5.75 Å². The van der Waals surface area contributed by atoms with Crippen LogP contribution < -0.4 is 10.1 Å². The number of anilines is 1. The molecule has 0 unspecified atom stereocenters. The first-order valence-corrected chi connectivity index (χ1v) is 13.3. The Balaban J connectivity index is 1.58. The number of hydrogen-bond acceptors (Lipinski definition) is 5. The Kier molecular flexibility index (Phi) is 7.53. The topological polar surface area (TPSA) is 93.5 Å². The van der Waals surface area contributed by atoms with E-state index >= 15 is 0 Å². The highest BCUT2D eigenvalue weighted by Crippen LogP contribution is 2.31. The first-order chi connectivity index (χ1) is 16.4. The number of unbranched alkanes of at least 4 members (excludes halogenated alkanes) is 1. The first kappa shape index (κ1) is 24.2. The van der Waals surface area contributed by atoms with Crippen molar-refractivity contribution in [3.63, 3.8) is 0 Å². The summed E-state index contributed by atoms with van der Waals surface area (Å²) in [5, 5.41) is 2.87. The van der Waals surface area contributed by atoms with Crippen LogP contribution in [0.4, 0.5) is 5.69 Å². The highest BCUT2D eigenvalue weighted by molar-refractivity contribution is 7.89. The van der Waals surface area contributed by atoms with E-state index in [1.807, 2.05) is 28.8 Å². The number of methoxy groups -OCH3 is 1. The van der Waals surface area contributed by atoms with Crippen molar-refractivity contribution in [1.29, 1.82) is 0 Å². The molecule has 1 saturated heterocycles. The van der Waals surface area contributed by atoms with Gasteiger partial charge in [-0.15, -0.1) is 0 Å². The van der Waals surface area contributed by atoms with E-state index in [-0.39, 0.29) is 23.1 Å². The molecule has 0 bridgehead atoms. The fourth-order valence-electron chi connectivity index (χ4n) is 4.37. The number of piperidine rings is 1. The molecule has 1 aromatic heterocycles. The quantitative estimate of drug-likeness (QED) is 0.491. The van der Waals surface area contributed by atoms with Crippen molar-refractivity contribution in [3.05, 3.63) is 48.3 Å². The van der Waals surface area contributed by atoms with Crippen molar-refractivity contribution in [1.82, 2.24) is 13.9 Å². The number of para-hydroxylation sites is 2. The average molecular weight is 485 g/mol. The summed E-state index contributed by atoms with van der Waals surface area (Å²) in [5.41, 5.74) is 2.19. The molecule has 0 spiro atoms. The Morgan fingerprint density at radius 1 is 1.12 bits per heavy atom. The number of aryl methyl sites for hydroxylation is 1. The van der Waals surface area contributed by atoms with Gasteiger partial charge in [-0.05, 0) is 49.6 Å². The third-order valence-corrected chi connectivity index (χ3v) is 8.09. The molecule has 4 rings (SSSR count).